The first-order chi connectivity index (χ1) is 3.50. The van der Waals surface area contributed by atoms with Crippen molar-refractivity contribution in [2.75, 3.05) is 0 Å². The molecule has 0 saturated carbocycles. The van der Waals surface area contributed by atoms with E-state index < -0.39 is 3.23 Å². The van der Waals surface area contributed by atoms with Crippen molar-refractivity contribution in [1.82, 2.24) is 0 Å². The van der Waals surface area contributed by atoms with Gasteiger partial charge in [0.25, 0.3) is 0 Å². The fourth-order valence-corrected chi connectivity index (χ4v) is 0.419. The van der Waals surface area contributed by atoms with Gasteiger partial charge in [-0.3, -0.25) is 4.79 Å². The van der Waals surface area contributed by atoms with Crippen molar-refractivity contribution in [2.24, 2.45) is 0 Å². The third kappa shape index (κ3) is 2.60. The second-order valence-electron chi connectivity index (χ2n) is 1.33. The van der Waals surface area contributed by atoms with Crippen LogP contribution < -0.4 is 0 Å². The van der Waals surface area contributed by atoms with E-state index in [0.29, 0.717) is 0 Å². The molecule has 1 nitrogen and oxygen atoms in total. The Morgan fingerprint density at radius 3 is 2.00 bits per heavy atom. The van der Waals surface area contributed by atoms with Gasteiger partial charge in [0.2, 0.25) is 4.69 Å². The lowest BCUT2D eigenvalue weighted by Gasteiger charge is -2.10. The third-order valence-electron chi connectivity index (χ3n) is 0.732. The molecule has 0 N–H and O–H groups in total. The predicted molar refractivity (Wildman–Crippen MR) is 44.8 cm³/mol. The molecule has 0 amide bonds. The van der Waals surface area contributed by atoms with Crippen LogP contribution in [0.2, 0.25) is 0 Å². The van der Waals surface area contributed by atoms with Crippen LogP contribution in [0.4, 0.5) is 0 Å². The summed E-state index contributed by atoms with van der Waals surface area (Å²) in [6.07, 6.45) is 0.719. The summed E-state index contributed by atoms with van der Waals surface area (Å²) in [4.78, 5) is 10.5. The summed E-state index contributed by atoms with van der Waals surface area (Å²) >= 11 is 9.15. The second kappa shape index (κ2) is 3.32. The molecule has 0 heterocycles. The van der Waals surface area contributed by atoms with Crippen LogP contribution in [0, 0.1) is 0 Å². The maximum Gasteiger partial charge on any atom is 0.225 e. The molecule has 0 bridgehead atoms. The van der Waals surface area contributed by atoms with E-state index in [4.69, 9.17) is 0 Å². The molecule has 0 atom stereocenters. The molecule has 0 aliphatic rings. The van der Waals surface area contributed by atoms with Gasteiger partial charge < -0.3 is 0 Å². The van der Waals surface area contributed by atoms with Crippen molar-refractivity contribution in [3.8, 4) is 0 Å². The van der Waals surface area contributed by atoms with E-state index in [2.05, 4.69) is 47.8 Å². The summed E-state index contributed by atoms with van der Waals surface area (Å²) in [6, 6.07) is 0. The number of halogens is 3. The number of rotatable bonds is 2. The zero-order valence-electron chi connectivity index (χ0n) is 4.25. The molecule has 0 aliphatic carbocycles. The van der Waals surface area contributed by atoms with Gasteiger partial charge in [0.15, 0.2) is 0 Å². The maximum absolute atomic E-state index is 10.5. The number of alkyl halides is 2. The molecule has 0 radical (unpaired) electrons. The minimum atomic E-state index is -0.556. The van der Waals surface area contributed by atoms with E-state index >= 15 is 0 Å². The monoisotopic (exact) mass is 306 g/mol. The molecule has 48 valence electrons. The van der Waals surface area contributed by atoms with Gasteiger partial charge in [0.1, 0.15) is 3.23 Å². The molecule has 0 aromatic rings. The van der Waals surface area contributed by atoms with Crippen LogP contribution in [0.3, 0.4) is 0 Å². The van der Waals surface area contributed by atoms with E-state index in [1.807, 2.05) is 6.92 Å². The topological polar surface area (TPSA) is 17.1 Å². The fourth-order valence-electron chi connectivity index (χ4n) is 0.139. The minimum absolute atomic E-state index is 0.0764. The summed E-state index contributed by atoms with van der Waals surface area (Å²) < 4.78 is -0.632. The van der Waals surface area contributed by atoms with Crippen LogP contribution in [-0.2, 0) is 4.79 Å². The summed E-state index contributed by atoms with van der Waals surface area (Å²) in [7, 11) is 0. The molecule has 0 unspecified atom stereocenters. The Morgan fingerprint density at radius 1 is 1.62 bits per heavy atom. The standard InChI is InChI=1S/C4H5Br3O/c1-2-4(6,7)3(5)8/h2H2,1H3. The normalized spacial score (nSPS) is 11.5. The first-order valence-corrected chi connectivity index (χ1v) is 4.46. The second-order valence-corrected chi connectivity index (χ2v) is 5.82. The zero-order valence-corrected chi connectivity index (χ0v) is 9.01. The van der Waals surface area contributed by atoms with Crippen molar-refractivity contribution >= 4 is 52.5 Å². The predicted octanol–water partition coefficient (Wildman–Crippen LogP) is 2.80. The first kappa shape index (κ1) is 9.11. The van der Waals surface area contributed by atoms with Crippen molar-refractivity contribution in [3.63, 3.8) is 0 Å². The smallest absolute Gasteiger partial charge is 0.225 e. The maximum atomic E-state index is 10.5. The Morgan fingerprint density at radius 2 is 2.00 bits per heavy atom. The Labute approximate surface area is 73.6 Å². The van der Waals surface area contributed by atoms with Crippen molar-refractivity contribution < 1.29 is 4.79 Å². The summed E-state index contributed by atoms with van der Waals surface area (Å²) in [5.74, 6) is 0. The first-order valence-electron chi connectivity index (χ1n) is 2.08. The van der Waals surface area contributed by atoms with E-state index in [1.165, 1.54) is 0 Å². The number of carbonyl (C=O) groups is 1. The van der Waals surface area contributed by atoms with Gasteiger partial charge in [-0.25, -0.2) is 0 Å². The molecule has 0 saturated heterocycles. The van der Waals surface area contributed by atoms with Crippen LogP contribution in [0.15, 0.2) is 0 Å². The Kier molecular flexibility index (Phi) is 3.78. The SMILES string of the molecule is CCC(Br)(Br)C(=O)Br. The highest BCUT2D eigenvalue weighted by Gasteiger charge is 2.27. The van der Waals surface area contributed by atoms with Crippen LogP contribution in [0.25, 0.3) is 0 Å². The summed E-state index contributed by atoms with van der Waals surface area (Å²) in [5, 5.41) is 0. The van der Waals surface area contributed by atoms with Crippen LogP contribution >= 0.6 is 47.8 Å². The largest absolute Gasteiger partial charge is 0.284 e. The lowest BCUT2D eigenvalue weighted by Crippen LogP contribution is -2.17. The highest BCUT2D eigenvalue weighted by molar-refractivity contribution is 9.28. The number of carbonyl (C=O) groups excluding carboxylic acids is 1. The Bertz CT molecular complexity index is 99.5. The molecule has 4 heteroatoms. The van der Waals surface area contributed by atoms with Crippen molar-refractivity contribution in [3.05, 3.63) is 0 Å². The van der Waals surface area contributed by atoms with Gasteiger partial charge in [-0.15, -0.1) is 0 Å². The average Bonchev–Trinajstić information content (AvgIpc) is 1.67. The number of hydrogen-bond acceptors (Lipinski definition) is 1. The molecule has 0 aromatic carbocycles. The molecule has 0 spiro atoms. The van der Waals surface area contributed by atoms with Gasteiger partial charge in [-0.2, -0.15) is 0 Å². The molecule has 0 aromatic heterocycles. The number of hydrogen-bond donors (Lipinski definition) is 0. The molecular weight excluding hydrogens is 304 g/mol. The molecule has 0 aliphatic heterocycles. The van der Waals surface area contributed by atoms with Gasteiger partial charge >= 0.3 is 0 Å². The van der Waals surface area contributed by atoms with E-state index in [0.717, 1.165) is 6.42 Å². The molecule has 0 fully saturated rings. The fraction of sp³-hybridized carbons (Fsp3) is 0.750. The van der Waals surface area contributed by atoms with Crippen molar-refractivity contribution in [1.29, 1.82) is 0 Å². The zero-order chi connectivity index (χ0) is 6.78. The summed E-state index contributed by atoms with van der Waals surface area (Å²) in [6.45, 7) is 1.91. The van der Waals surface area contributed by atoms with Crippen LogP contribution in [-0.4, -0.2) is 7.93 Å². The molecule has 8 heavy (non-hydrogen) atoms. The van der Waals surface area contributed by atoms with Crippen LogP contribution in [0.1, 0.15) is 13.3 Å². The van der Waals surface area contributed by atoms with E-state index in [1.54, 1.807) is 0 Å². The van der Waals surface area contributed by atoms with Crippen molar-refractivity contribution in [2.45, 2.75) is 16.6 Å². The highest BCUT2D eigenvalue weighted by Crippen LogP contribution is 2.32. The van der Waals surface area contributed by atoms with E-state index in [9.17, 15) is 4.79 Å². The van der Waals surface area contributed by atoms with Gasteiger partial charge in [0.05, 0.1) is 0 Å². The van der Waals surface area contributed by atoms with Crippen LogP contribution in [0.5, 0.6) is 0 Å². The van der Waals surface area contributed by atoms with Gasteiger partial charge in [0, 0.05) is 0 Å². The minimum Gasteiger partial charge on any atom is -0.284 e. The summed E-state index contributed by atoms with van der Waals surface area (Å²) in [5.41, 5.74) is 0. The lowest BCUT2D eigenvalue weighted by molar-refractivity contribution is -0.110. The lowest BCUT2D eigenvalue weighted by atomic mass is 10.4. The Hall–Kier alpha value is 1.11. The average molecular weight is 309 g/mol. The van der Waals surface area contributed by atoms with Gasteiger partial charge in [-0.05, 0) is 22.4 Å². The highest BCUT2D eigenvalue weighted by atomic mass is 79.9. The quantitative estimate of drug-likeness (QED) is 0.566. The Balaban J connectivity index is 3.91. The molecule has 0 rings (SSSR count). The third-order valence-corrected chi connectivity index (χ3v) is 4.31. The van der Waals surface area contributed by atoms with Gasteiger partial charge in [-0.1, -0.05) is 38.8 Å². The van der Waals surface area contributed by atoms with E-state index in [-0.39, 0.29) is 4.69 Å². The molecular formula is C4H5Br3O.